The maximum atomic E-state index is 10.8. The summed E-state index contributed by atoms with van der Waals surface area (Å²) in [5.74, 6) is -1.68. The zero-order chi connectivity index (χ0) is 22.0. The normalized spacial score (nSPS) is 10.1. The third-order valence-electron chi connectivity index (χ3n) is 4.13. The highest BCUT2D eigenvalue weighted by atomic mass is 16.6. The Kier molecular flexibility index (Phi) is 6.35. The molecule has 4 rings (SSSR count). The maximum Gasteiger partial charge on any atom is 0.352 e. The number of non-ortho nitro benzene ring substituents is 2. The molecule has 0 radical (unpaired) electrons. The Balaban J connectivity index is 0.000000213. The number of nitrogens with zero attached hydrogens (tertiary/aromatic N) is 2. The number of primary amides is 1. The standard InChI is InChI=1S/C9H7N3O3.C9H6N2O4.CH4/c10-9(13)8-3-5-1-2-6(12(14)15)4-7(5)11-8;12-9(13)8-3-5-1-2-6(11(14)15)4-7(5)10-8;/h1-4,11H,(H2,10,13);1-4,10H,(H,12,13);1H4. The maximum absolute atomic E-state index is 10.8. The van der Waals surface area contributed by atoms with Crippen molar-refractivity contribution in [2.75, 3.05) is 0 Å². The second kappa shape index (κ2) is 8.73. The number of nitro groups is 2. The molecule has 160 valence electrons. The highest BCUT2D eigenvalue weighted by Crippen LogP contribution is 2.22. The van der Waals surface area contributed by atoms with Gasteiger partial charge in [0.05, 0.1) is 20.9 Å². The summed E-state index contributed by atoms with van der Waals surface area (Å²) in [7, 11) is 0. The molecule has 4 aromatic rings. The SMILES string of the molecule is C.NC(=O)c1cc2ccc([N+](=O)[O-])cc2[nH]1.O=C(O)c1cc2ccc([N+](=O)[O-])cc2[nH]1. The summed E-state index contributed by atoms with van der Waals surface area (Å²) >= 11 is 0. The van der Waals surface area contributed by atoms with Gasteiger partial charge in [0.15, 0.2) is 0 Å². The van der Waals surface area contributed by atoms with Gasteiger partial charge in [0.1, 0.15) is 11.4 Å². The molecule has 12 nitrogen and oxygen atoms in total. The minimum atomic E-state index is -1.09. The fraction of sp³-hybridized carbons (Fsp3) is 0.0526. The van der Waals surface area contributed by atoms with Crippen molar-refractivity contribution >= 4 is 45.1 Å². The molecule has 2 aromatic carbocycles. The Hall–Kier alpha value is -4.74. The molecule has 31 heavy (non-hydrogen) atoms. The van der Waals surface area contributed by atoms with E-state index < -0.39 is 21.7 Å². The lowest BCUT2D eigenvalue weighted by Gasteiger charge is -1.90. The molecule has 0 atom stereocenters. The number of nitro benzene ring substituents is 2. The van der Waals surface area contributed by atoms with Gasteiger partial charge >= 0.3 is 5.97 Å². The highest BCUT2D eigenvalue weighted by molar-refractivity contribution is 5.97. The van der Waals surface area contributed by atoms with Crippen LogP contribution in [0.1, 0.15) is 28.4 Å². The van der Waals surface area contributed by atoms with Crippen LogP contribution in [-0.2, 0) is 0 Å². The van der Waals surface area contributed by atoms with Crippen molar-refractivity contribution in [1.82, 2.24) is 9.97 Å². The summed E-state index contributed by atoms with van der Waals surface area (Å²) in [5.41, 5.74) is 6.21. The minimum Gasteiger partial charge on any atom is -0.477 e. The molecular weight excluding hydrogens is 410 g/mol. The van der Waals surface area contributed by atoms with Gasteiger partial charge in [-0.05, 0) is 24.3 Å². The lowest BCUT2D eigenvalue weighted by molar-refractivity contribution is -0.384. The van der Waals surface area contributed by atoms with Gasteiger partial charge in [-0.3, -0.25) is 25.0 Å². The number of hydrogen-bond acceptors (Lipinski definition) is 6. The number of carboxylic acid groups (broad SMARTS) is 1. The van der Waals surface area contributed by atoms with Crippen LogP contribution in [-0.4, -0.2) is 36.8 Å². The molecule has 5 N–H and O–H groups in total. The first-order chi connectivity index (χ1) is 14.2. The Bertz CT molecular complexity index is 1200. The number of carbonyl (C=O) groups is 2. The van der Waals surface area contributed by atoms with Crippen LogP contribution in [0.5, 0.6) is 0 Å². The number of aromatic amines is 2. The number of carboxylic acids is 1. The molecule has 0 bridgehead atoms. The van der Waals surface area contributed by atoms with E-state index in [9.17, 15) is 29.8 Å². The number of benzene rings is 2. The van der Waals surface area contributed by atoms with Crippen LogP contribution in [0.25, 0.3) is 21.8 Å². The predicted octanol–water partition coefficient (Wildman–Crippen LogP) is 3.59. The number of fused-ring (bicyclic) bond motifs is 2. The number of carbonyl (C=O) groups excluding carboxylic acids is 1. The molecule has 2 heterocycles. The van der Waals surface area contributed by atoms with Crippen LogP contribution in [0.2, 0.25) is 0 Å². The average molecular weight is 427 g/mol. The molecule has 0 saturated carbocycles. The molecule has 0 saturated heterocycles. The fourth-order valence-corrected chi connectivity index (χ4v) is 2.71. The summed E-state index contributed by atoms with van der Waals surface area (Å²) in [5, 5.41) is 31.0. The number of aromatic nitrogens is 2. The third kappa shape index (κ3) is 4.82. The van der Waals surface area contributed by atoms with Crippen molar-refractivity contribution in [3.05, 3.63) is 80.1 Å². The highest BCUT2D eigenvalue weighted by Gasteiger charge is 2.11. The van der Waals surface area contributed by atoms with Crippen molar-refractivity contribution in [3.63, 3.8) is 0 Å². The van der Waals surface area contributed by atoms with Crippen molar-refractivity contribution in [1.29, 1.82) is 0 Å². The molecule has 0 aliphatic carbocycles. The first-order valence-corrected chi connectivity index (χ1v) is 8.23. The largest absolute Gasteiger partial charge is 0.477 e. The second-order valence-corrected chi connectivity index (χ2v) is 6.09. The molecule has 0 unspecified atom stereocenters. The molecule has 12 heteroatoms. The van der Waals surface area contributed by atoms with Crippen molar-refractivity contribution in [2.45, 2.75) is 7.43 Å². The molecule has 2 aromatic heterocycles. The molecule has 0 spiro atoms. The van der Waals surface area contributed by atoms with Crippen molar-refractivity contribution in [2.24, 2.45) is 5.73 Å². The van der Waals surface area contributed by atoms with Gasteiger partial charge in [0.25, 0.3) is 17.3 Å². The van der Waals surface area contributed by atoms with Gasteiger partial charge in [-0.2, -0.15) is 0 Å². The van der Waals surface area contributed by atoms with Gasteiger partial charge in [-0.1, -0.05) is 7.43 Å². The molecular formula is C19H17N5O7. The number of nitrogens with one attached hydrogen (secondary N) is 2. The number of hydrogen-bond donors (Lipinski definition) is 4. The predicted molar refractivity (Wildman–Crippen MR) is 112 cm³/mol. The first-order valence-electron chi connectivity index (χ1n) is 8.23. The Morgan fingerprint density at radius 2 is 1.23 bits per heavy atom. The van der Waals surface area contributed by atoms with Gasteiger partial charge < -0.3 is 20.8 Å². The number of H-pyrrole nitrogens is 2. The monoisotopic (exact) mass is 427 g/mol. The zero-order valence-corrected chi connectivity index (χ0v) is 15.0. The van der Waals surface area contributed by atoms with Crippen molar-refractivity contribution < 1.29 is 24.5 Å². The van der Waals surface area contributed by atoms with Gasteiger partial charge in [0.2, 0.25) is 0 Å². The third-order valence-corrected chi connectivity index (χ3v) is 4.13. The quantitative estimate of drug-likeness (QED) is 0.281. The van der Waals surface area contributed by atoms with Crippen LogP contribution in [0.4, 0.5) is 11.4 Å². The van der Waals surface area contributed by atoms with Crippen LogP contribution in [0, 0.1) is 20.2 Å². The Morgan fingerprint density at radius 3 is 1.61 bits per heavy atom. The van der Waals surface area contributed by atoms with E-state index in [1.807, 2.05) is 0 Å². The van der Waals surface area contributed by atoms with Gasteiger partial charge in [-0.25, -0.2) is 4.79 Å². The van der Waals surface area contributed by atoms with Gasteiger partial charge in [-0.15, -0.1) is 0 Å². The lowest BCUT2D eigenvalue weighted by Crippen LogP contribution is -2.10. The van der Waals surface area contributed by atoms with Crippen LogP contribution < -0.4 is 5.73 Å². The minimum absolute atomic E-state index is 0. The number of nitrogens with two attached hydrogens (primary N) is 1. The number of amides is 1. The fourth-order valence-electron chi connectivity index (χ4n) is 2.71. The average Bonchev–Trinajstić information content (AvgIpc) is 3.31. The van der Waals surface area contributed by atoms with E-state index in [0.717, 1.165) is 5.39 Å². The van der Waals surface area contributed by atoms with Gasteiger partial charge in [0, 0.05) is 35.0 Å². The van der Waals surface area contributed by atoms with Crippen molar-refractivity contribution in [3.8, 4) is 0 Å². The van der Waals surface area contributed by atoms with Crippen LogP contribution >= 0.6 is 0 Å². The topological polar surface area (TPSA) is 198 Å². The van der Waals surface area contributed by atoms with E-state index in [1.54, 1.807) is 12.1 Å². The van der Waals surface area contributed by atoms with Crippen LogP contribution in [0.3, 0.4) is 0 Å². The molecule has 0 aliphatic rings. The van der Waals surface area contributed by atoms with E-state index in [-0.39, 0.29) is 30.2 Å². The van der Waals surface area contributed by atoms with E-state index >= 15 is 0 Å². The smallest absolute Gasteiger partial charge is 0.352 e. The molecule has 0 fully saturated rings. The van der Waals surface area contributed by atoms with E-state index in [0.29, 0.717) is 16.4 Å². The molecule has 0 aliphatic heterocycles. The zero-order valence-electron chi connectivity index (χ0n) is 15.0. The van der Waals surface area contributed by atoms with E-state index in [2.05, 4.69) is 9.97 Å². The van der Waals surface area contributed by atoms with E-state index in [1.165, 1.54) is 36.4 Å². The summed E-state index contributed by atoms with van der Waals surface area (Å²) < 4.78 is 0. The molecule has 1 amide bonds. The lowest BCUT2D eigenvalue weighted by atomic mass is 10.2. The number of rotatable bonds is 4. The Morgan fingerprint density at radius 1 is 0.806 bits per heavy atom. The van der Waals surface area contributed by atoms with Crippen LogP contribution in [0.15, 0.2) is 48.5 Å². The summed E-state index contributed by atoms with van der Waals surface area (Å²) in [6, 6.07) is 11.4. The Labute approximate surface area is 173 Å². The summed E-state index contributed by atoms with van der Waals surface area (Å²) in [4.78, 5) is 46.7. The summed E-state index contributed by atoms with van der Waals surface area (Å²) in [6.45, 7) is 0. The second-order valence-electron chi connectivity index (χ2n) is 6.09. The number of aromatic carboxylic acids is 1. The van der Waals surface area contributed by atoms with E-state index in [4.69, 9.17) is 10.8 Å². The first kappa shape index (κ1) is 22.5. The summed E-state index contributed by atoms with van der Waals surface area (Å²) in [6.07, 6.45) is 0.